The lowest BCUT2D eigenvalue weighted by molar-refractivity contribution is -0.140. The van der Waals surface area contributed by atoms with E-state index in [1.165, 1.54) is 17.4 Å². The smallest absolute Gasteiger partial charge is 0.314 e. The molecule has 0 radical (unpaired) electrons. The first kappa shape index (κ1) is 22.2. The predicted molar refractivity (Wildman–Crippen MR) is 96.5 cm³/mol. The Morgan fingerprint density at radius 1 is 1.08 bits per heavy atom. The van der Waals surface area contributed by atoms with Gasteiger partial charge in [0.2, 0.25) is 0 Å². The van der Waals surface area contributed by atoms with Crippen molar-refractivity contribution in [1.29, 1.82) is 0 Å². The molecule has 140 valence electrons. The predicted octanol–water partition coefficient (Wildman–Crippen LogP) is 4.74. The van der Waals surface area contributed by atoms with Crippen LogP contribution in [-0.2, 0) is 6.18 Å². The maximum atomic E-state index is 13.6. The van der Waals surface area contributed by atoms with Crippen LogP contribution in [0.25, 0.3) is 0 Å². The van der Waals surface area contributed by atoms with Crippen molar-refractivity contribution in [1.82, 2.24) is 10.2 Å². The highest BCUT2D eigenvalue weighted by molar-refractivity contribution is 7.10. The van der Waals surface area contributed by atoms with Crippen molar-refractivity contribution < 1.29 is 17.6 Å². The van der Waals surface area contributed by atoms with Gasteiger partial charge < -0.3 is 5.32 Å². The van der Waals surface area contributed by atoms with Crippen LogP contribution in [0.4, 0.5) is 17.6 Å². The number of nitrogens with one attached hydrogen (secondary N) is 1. The van der Waals surface area contributed by atoms with Crippen LogP contribution >= 0.6 is 36.2 Å². The molecule has 3 rings (SSSR count). The number of rotatable bonds is 3. The minimum absolute atomic E-state index is 0. The van der Waals surface area contributed by atoms with Crippen molar-refractivity contribution >= 4 is 36.2 Å². The molecule has 25 heavy (non-hydrogen) atoms. The maximum Gasteiger partial charge on any atom is 0.419 e. The molecule has 0 spiro atoms. The summed E-state index contributed by atoms with van der Waals surface area (Å²) in [6, 6.07) is 6.83. The van der Waals surface area contributed by atoms with Gasteiger partial charge in [0.05, 0.1) is 11.6 Å². The topological polar surface area (TPSA) is 15.3 Å². The van der Waals surface area contributed by atoms with Crippen molar-refractivity contribution in [3.8, 4) is 0 Å². The zero-order chi connectivity index (χ0) is 16.4. The van der Waals surface area contributed by atoms with E-state index >= 15 is 0 Å². The first-order valence-corrected chi connectivity index (χ1v) is 8.19. The number of halogens is 6. The molecular formula is C16H18Cl2F4N2S. The average Bonchev–Trinajstić information content (AvgIpc) is 3.03. The Morgan fingerprint density at radius 2 is 1.76 bits per heavy atom. The lowest BCUT2D eigenvalue weighted by atomic mass is 9.99. The van der Waals surface area contributed by atoms with Crippen molar-refractivity contribution in [2.24, 2.45) is 0 Å². The summed E-state index contributed by atoms with van der Waals surface area (Å²) in [5.74, 6) is -1.23. The van der Waals surface area contributed by atoms with E-state index in [1.54, 1.807) is 0 Å². The minimum atomic E-state index is -4.69. The summed E-state index contributed by atoms with van der Waals surface area (Å²) in [5, 5.41) is 5.13. The van der Waals surface area contributed by atoms with Crippen LogP contribution < -0.4 is 5.32 Å². The van der Waals surface area contributed by atoms with E-state index in [0.717, 1.165) is 43.2 Å². The first-order chi connectivity index (χ1) is 11.0. The van der Waals surface area contributed by atoms with Crippen LogP contribution in [0.2, 0.25) is 0 Å². The molecule has 0 aliphatic carbocycles. The van der Waals surface area contributed by atoms with Crippen LogP contribution in [0.3, 0.4) is 0 Å². The lowest BCUT2D eigenvalue weighted by Gasteiger charge is -2.35. The Kier molecular flexibility index (Phi) is 8.15. The second kappa shape index (κ2) is 9.19. The van der Waals surface area contributed by atoms with Crippen molar-refractivity contribution in [2.75, 3.05) is 26.2 Å². The molecule has 2 aromatic rings. The fraction of sp³-hybridized carbons (Fsp3) is 0.375. The molecule has 0 saturated carbocycles. The molecule has 1 aromatic heterocycles. The third-order valence-corrected chi connectivity index (χ3v) is 4.87. The van der Waals surface area contributed by atoms with Gasteiger partial charge >= 0.3 is 6.18 Å². The molecule has 0 unspecified atom stereocenters. The molecule has 0 amide bonds. The Labute approximate surface area is 160 Å². The normalized spacial score (nSPS) is 16.6. The second-order valence-electron chi connectivity index (χ2n) is 5.44. The number of thiophene rings is 1. The Hall–Kier alpha value is -0.860. The maximum absolute atomic E-state index is 13.6. The minimum Gasteiger partial charge on any atom is -0.314 e. The number of nitrogens with zero attached hydrogens (tertiary/aromatic N) is 1. The molecule has 2 heterocycles. The van der Waals surface area contributed by atoms with Gasteiger partial charge in [0.25, 0.3) is 0 Å². The standard InChI is InChI=1S/C16H16F4N2S.2ClH/c17-13-4-3-11(10-12(13)16(18,19)20)15(14-2-1-9-23-14)22-7-5-21-6-8-22;;/h1-4,9-10,15,21H,5-8H2;2*1H/t15-;;/m0../s1. The molecular weight excluding hydrogens is 399 g/mol. The van der Waals surface area contributed by atoms with E-state index in [4.69, 9.17) is 0 Å². The zero-order valence-electron chi connectivity index (χ0n) is 13.1. The molecule has 9 heteroatoms. The van der Waals surface area contributed by atoms with E-state index in [-0.39, 0.29) is 30.9 Å². The Bertz CT molecular complexity index is 659. The summed E-state index contributed by atoms with van der Waals surface area (Å²) in [6.45, 7) is 3.05. The van der Waals surface area contributed by atoms with Crippen LogP contribution in [0, 0.1) is 5.82 Å². The molecule has 1 atom stereocenters. The zero-order valence-corrected chi connectivity index (χ0v) is 15.5. The van der Waals surface area contributed by atoms with Crippen molar-refractivity contribution in [3.05, 3.63) is 57.5 Å². The molecule has 1 aromatic carbocycles. The highest BCUT2D eigenvalue weighted by Crippen LogP contribution is 2.37. The third kappa shape index (κ3) is 5.08. The SMILES string of the molecule is Cl.Cl.Fc1ccc([C@@H](c2cccs2)N2CCNCC2)cc1C(F)(F)F. The second-order valence-corrected chi connectivity index (χ2v) is 6.42. The largest absolute Gasteiger partial charge is 0.419 e. The van der Waals surface area contributed by atoms with Gasteiger partial charge in [0.1, 0.15) is 5.82 Å². The highest BCUT2D eigenvalue weighted by atomic mass is 35.5. The van der Waals surface area contributed by atoms with Gasteiger partial charge in [0, 0.05) is 31.1 Å². The summed E-state index contributed by atoms with van der Waals surface area (Å²) in [7, 11) is 0. The molecule has 0 bridgehead atoms. The van der Waals surface area contributed by atoms with Crippen LogP contribution in [0.1, 0.15) is 22.0 Å². The van der Waals surface area contributed by atoms with E-state index < -0.39 is 17.6 Å². The number of hydrogen-bond acceptors (Lipinski definition) is 3. The van der Waals surface area contributed by atoms with Crippen molar-refractivity contribution in [2.45, 2.75) is 12.2 Å². The van der Waals surface area contributed by atoms with Crippen LogP contribution in [0.5, 0.6) is 0 Å². The molecule has 2 nitrogen and oxygen atoms in total. The molecule has 1 N–H and O–H groups in total. The molecule has 1 saturated heterocycles. The number of piperazine rings is 1. The third-order valence-electron chi connectivity index (χ3n) is 3.94. The molecule has 1 aliphatic heterocycles. The number of benzene rings is 1. The summed E-state index contributed by atoms with van der Waals surface area (Å²) in [4.78, 5) is 3.10. The Balaban J connectivity index is 0.00000156. The van der Waals surface area contributed by atoms with Gasteiger partial charge in [-0.2, -0.15) is 13.2 Å². The van der Waals surface area contributed by atoms with Crippen LogP contribution in [0.15, 0.2) is 35.7 Å². The first-order valence-electron chi connectivity index (χ1n) is 7.31. The highest BCUT2D eigenvalue weighted by Gasteiger charge is 2.35. The average molecular weight is 417 g/mol. The monoisotopic (exact) mass is 416 g/mol. The fourth-order valence-corrected chi connectivity index (χ4v) is 3.76. The molecule has 1 fully saturated rings. The van der Waals surface area contributed by atoms with Gasteiger partial charge in [-0.25, -0.2) is 4.39 Å². The van der Waals surface area contributed by atoms with Crippen LogP contribution in [-0.4, -0.2) is 31.1 Å². The summed E-state index contributed by atoms with van der Waals surface area (Å²) in [5.41, 5.74) is -0.727. The Morgan fingerprint density at radius 3 is 2.32 bits per heavy atom. The van der Waals surface area contributed by atoms with Gasteiger partial charge in [-0.15, -0.1) is 36.2 Å². The van der Waals surface area contributed by atoms with E-state index in [2.05, 4.69) is 10.2 Å². The molecule has 1 aliphatic rings. The van der Waals surface area contributed by atoms with Crippen molar-refractivity contribution in [3.63, 3.8) is 0 Å². The van der Waals surface area contributed by atoms with Gasteiger partial charge in [0.15, 0.2) is 0 Å². The fourth-order valence-electron chi connectivity index (χ4n) is 2.87. The number of alkyl halides is 3. The van der Waals surface area contributed by atoms with Gasteiger partial charge in [-0.1, -0.05) is 12.1 Å². The van der Waals surface area contributed by atoms with E-state index in [1.807, 2.05) is 17.5 Å². The number of hydrogen-bond donors (Lipinski definition) is 1. The van der Waals surface area contributed by atoms with E-state index in [0.29, 0.717) is 5.56 Å². The summed E-state index contributed by atoms with van der Waals surface area (Å²) in [6.07, 6.45) is -4.69. The van der Waals surface area contributed by atoms with Gasteiger partial charge in [-0.05, 0) is 29.1 Å². The van der Waals surface area contributed by atoms with E-state index in [9.17, 15) is 17.6 Å². The summed E-state index contributed by atoms with van der Waals surface area (Å²) < 4.78 is 52.6. The lowest BCUT2D eigenvalue weighted by Crippen LogP contribution is -2.45. The van der Waals surface area contributed by atoms with Gasteiger partial charge in [-0.3, -0.25) is 4.90 Å². The summed E-state index contributed by atoms with van der Waals surface area (Å²) >= 11 is 1.50. The quantitative estimate of drug-likeness (QED) is 0.726.